The lowest BCUT2D eigenvalue weighted by atomic mass is 9.95. The number of thioether (sulfide) groups is 1. The van der Waals surface area contributed by atoms with E-state index >= 15 is 0 Å². The molecule has 1 saturated carbocycles. The lowest BCUT2D eigenvalue weighted by molar-refractivity contribution is 0.337. The third kappa shape index (κ3) is 3.24. The van der Waals surface area contributed by atoms with Crippen LogP contribution >= 0.6 is 11.8 Å². The van der Waals surface area contributed by atoms with Gasteiger partial charge in [0.2, 0.25) is 5.82 Å². The third-order valence-electron chi connectivity index (χ3n) is 4.42. The second-order valence-electron chi connectivity index (χ2n) is 6.06. The lowest BCUT2D eigenvalue weighted by Gasteiger charge is -2.25. The zero-order valence-electron chi connectivity index (χ0n) is 13.5. The second kappa shape index (κ2) is 7.21. The zero-order chi connectivity index (χ0) is 16.2. The molecule has 0 amide bonds. The van der Waals surface area contributed by atoms with Crippen LogP contribution < -0.4 is 0 Å². The van der Waals surface area contributed by atoms with Crippen LogP contribution in [0.15, 0.2) is 52.4 Å². The van der Waals surface area contributed by atoms with Gasteiger partial charge < -0.3 is 4.42 Å². The van der Waals surface area contributed by atoms with Crippen molar-refractivity contribution in [2.24, 2.45) is 0 Å². The average molecular weight is 340 g/mol. The maximum absolute atomic E-state index is 5.58. The molecular weight excluding hydrogens is 320 g/mol. The van der Waals surface area contributed by atoms with Gasteiger partial charge in [0.1, 0.15) is 0 Å². The summed E-state index contributed by atoms with van der Waals surface area (Å²) in [6.07, 6.45) is 9.75. The number of hydrogen-bond donors (Lipinski definition) is 0. The van der Waals surface area contributed by atoms with Crippen LogP contribution in [-0.4, -0.2) is 19.7 Å². The summed E-state index contributed by atoms with van der Waals surface area (Å²) in [6, 6.07) is 10.3. The summed E-state index contributed by atoms with van der Waals surface area (Å²) in [7, 11) is 0. The first kappa shape index (κ1) is 15.4. The molecule has 0 N–H and O–H groups in total. The van der Waals surface area contributed by atoms with Crippen LogP contribution in [0.2, 0.25) is 0 Å². The van der Waals surface area contributed by atoms with E-state index in [0.29, 0.717) is 6.04 Å². The van der Waals surface area contributed by atoms with E-state index in [1.807, 2.05) is 36.5 Å². The van der Waals surface area contributed by atoms with Crippen LogP contribution in [0, 0.1) is 0 Å². The summed E-state index contributed by atoms with van der Waals surface area (Å²) >= 11 is 1.70. The Labute approximate surface area is 145 Å². The Kier molecular flexibility index (Phi) is 4.64. The smallest absolute Gasteiger partial charge is 0.200 e. The zero-order valence-corrected chi connectivity index (χ0v) is 14.3. The van der Waals surface area contributed by atoms with Crippen LogP contribution in [0.5, 0.6) is 0 Å². The highest BCUT2D eigenvalue weighted by atomic mass is 32.2. The van der Waals surface area contributed by atoms with Crippen LogP contribution in [0.4, 0.5) is 0 Å². The average Bonchev–Trinajstić information content (AvgIpc) is 3.31. The van der Waals surface area contributed by atoms with Gasteiger partial charge in [0.25, 0.3) is 0 Å². The molecule has 4 rings (SSSR count). The number of hydrogen-bond acceptors (Lipinski definition) is 5. The molecule has 0 saturated heterocycles. The number of aromatic nitrogens is 4. The highest BCUT2D eigenvalue weighted by Gasteiger charge is 2.24. The molecule has 6 heteroatoms. The topological polar surface area (TPSA) is 56.7 Å². The lowest BCUT2D eigenvalue weighted by Crippen LogP contribution is -2.15. The van der Waals surface area contributed by atoms with Gasteiger partial charge in [-0.15, -0.1) is 10.2 Å². The standard InChI is InChI=1S/C18H20N4OS/c1-2-8-15(9-3-1)22-17(16-10-6-12-23-16)20-21-18(22)24-13-14-7-4-5-11-19-14/h4-7,10-12,15H,1-3,8-9,13H2. The van der Waals surface area contributed by atoms with Gasteiger partial charge in [-0.1, -0.05) is 37.1 Å². The maximum Gasteiger partial charge on any atom is 0.200 e. The summed E-state index contributed by atoms with van der Waals surface area (Å²) in [5, 5.41) is 9.83. The van der Waals surface area contributed by atoms with Crippen molar-refractivity contribution in [1.82, 2.24) is 19.7 Å². The molecule has 0 atom stereocenters. The van der Waals surface area contributed by atoms with E-state index in [9.17, 15) is 0 Å². The minimum absolute atomic E-state index is 0.458. The van der Waals surface area contributed by atoms with Gasteiger partial charge in [0.05, 0.1) is 12.0 Å². The van der Waals surface area contributed by atoms with Gasteiger partial charge in [-0.05, 0) is 37.1 Å². The van der Waals surface area contributed by atoms with E-state index in [0.717, 1.165) is 28.2 Å². The van der Waals surface area contributed by atoms with Gasteiger partial charge >= 0.3 is 0 Å². The minimum atomic E-state index is 0.458. The molecule has 124 valence electrons. The van der Waals surface area contributed by atoms with E-state index in [1.165, 1.54) is 32.1 Å². The van der Waals surface area contributed by atoms with Crippen molar-refractivity contribution in [3.05, 3.63) is 48.5 Å². The minimum Gasteiger partial charge on any atom is -0.461 e. The Hall–Kier alpha value is -2.08. The van der Waals surface area contributed by atoms with Gasteiger partial charge in [0, 0.05) is 18.0 Å². The van der Waals surface area contributed by atoms with Crippen molar-refractivity contribution in [2.45, 2.75) is 49.1 Å². The van der Waals surface area contributed by atoms with E-state index in [1.54, 1.807) is 18.0 Å². The molecule has 3 heterocycles. The Morgan fingerprint density at radius 2 is 2.00 bits per heavy atom. The van der Waals surface area contributed by atoms with Crippen LogP contribution in [-0.2, 0) is 5.75 Å². The predicted octanol–water partition coefficient (Wildman–Crippen LogP) is 4.73. The summed E-state index contributed by atoms with van der Waals surface area (Å²) in [4.78, 5) is 4.40. The first-order valence-corrected chi connectivity index (χ1v) is 9.42. The quantitative estimate of drug-likeness (QED) is 0.628. The molecule has 5 nitrogen and oxygen atoms in total. The fraction of sp³-hybridized carbons (Fsp3) is 0.389. The number of rotatable bonds is 5. The normalized spacial score (nSPS) is 15.7. The Bertz CT molecular complexity index is 764. The Morgan fingerprint density at radius 3 is 2.75 bits per heavy atom. The van der Waals surface area contributed by atoms with Gasteiger partial charge in [-0.25, -0.2) is 0 Å². The second-order valence-corrected chi connectivity index (χ2v) is 7.00. The molecule has 0 unspecified atom stereocenters. The summed E-state index contributed by atoms with van der Waals surface area (Å²) < 4.78 is 7.87. The van der Waals surface area contributed by atoms with Crippen molar-refractivity contribution in [3.8, 4) is 11.6 Å². The van der Waals surface area contributed by atoms with Crippen molar-refractivity contribution in [1.29, 1.82) is 0 Å². The molecule has 1 aliphatic carbocycles. The first-order valence-electron chi connectivity index (χ1n) is 8.43. The molecule has 24 heavy (non-hydrogen) atoms. The maximum atomic E-state index is 5.58. The number of pyridine rings is 1. The van der Waals surface area contributed by atoms with Crippen molar-refractivity contribution in [2.75, 3.05) is 0 Å². The molecule has 0 spiro atoms. The van der Waals surface area contributed by atoms with E-state index in [2.05, 4.69) is 19.7 Å². The molecular formula is C18H20N4OS. The highest BCUT2D eigenvalue weighted by molar-refractivity contribution is 7.98. The molecule has 0 bridgehead atoms. The SMILES string of the molecule is c1ccc(CSc2nnc(-c3ccco3)n2C2CCCCC2)nc1. The molecule has 1 fully saturated rings. The summed E-state index contributed by atoms with van der Waals surface area (Å²) in [5.74, 6) is 2.43. The molecule has 1 aliphatic rings. The summed E-state index contributed by atoms with van der Waals surface area (Å²) in [6.45, 7) is 0. The largest absolute Gasteiger partial charge is 0.461 e. The highest BCUT2D eigenvalue weighted by Crippen LogP contribution is 2.36. The van der Waals surface area contributed by atoms with E-state index in [-0.39, 0.29) is 0 Å². The Morgan fingerprint density at radius 1 is 1.08 bits per heavy atom. The van der Waals surface area contributed by atoms with Crippen molar-refractivity contribution in [3.63, 3.8) is 0 Å². The molecule has 0 radical (unpaired) electrons. The molecule has 0 aliphatic heterocycles. The number of nitrogens with zero attached hydrogens (tertiary/aromatic N) is 4. The van der Waals surface area contributed by atoms with Gasteiger partial charge in [0.15, 0.2) is 10.9 Å². The summed E-state index contributed by atoms with van der Waals surface area (Å²) in [5.41, 5.74) is 1.06. The molecule has 3 aromatic heterocycles. The predicted molar refractivity (Wildman–Crippen MR) is 93.6 cm³/mol. The van der Waals surface area contributed by atoms with Crippen molar-refractivity contribution < 1.29 is 4.42 Å². The molecule has 3 aromatic rings. The van der Waals surface area contributed by atoms with Gasteiger partial charge in [-0.3, -0.25) is 9.55 Å². The first-order chi connectivity index (χ1) is 11.9. The fourth-order valence-electron chi connectivity index (χ4n) is 3.24. The Balaban J connectivity index is 1.63. The van der Waals surface area contributed by atoms with Gasteiger partial charge in [-0.2, -0.15) is 0 Å². The monoisotopic (exact) mass is 340 g/mol. The number of furan rings is 1. The van der Waals surface area contributed by atoms with Crippen LogP contribution in [0.1, 0.15) is 43.8 Å². The molecule has 0 aromatic carbocycles. The van der Waals surface area contributed by atoms with Crippen LogP contribution in [0.25, 0.3) is 11.6 Å². The third-order valence-corrected chi connectivity index (χ3v) is 5.40. The van der Waals surface area contributed by atoms with E-state index in [4.69, 9.17) is 4.42 Å². The van der Waals surface area contributed by atoms with E-state index < -0.39 is 0 Å². The van der Waals surface area contributed by atoms with Crippen molar-refractivity contribution >= 4 is 11.8 Å². The fourth-order valence-corrected chi connectivity index (χ4v) is 4.16. The van der Waals surface area contributed by atoms with Crippen LogP contribution in [0.3, 0.4) is 0 Å².